The fourth-order valence-corrected chi connectivity index (χ4v) is 1.96. The van der Waals surface area contributed by atoms with Gasteiger partial charge < -0.3 is 9.84 Å². The first-order valence-corrected chi connectivity index (χ1v) is 5.92. The van der Waals surface area contributed by atoms with Crippen LogP contribution in [-0.4, -0.2) is 26.8 Å². The molecule has 1 N–H and O–H groups in total. The zero-order chi connectivity index (χ0) is 13.2. The van der Waals surface area contributed by atoms with E-state index in [1.807, 2.05) is 34.9 Å². The van der Waals surface area contributed by atoms with E-state index in [9.17, 15) is 5.11 Å². The SMILES string of the molecule is COc1ccc2nnc(Cc3ccc(O)cc3)n2c1. The van der Waals surface area contributed by atoms with Crippen LogP contribution in [0.15, 0.2) is 42.6 Å². The van der Waals surface area contributed by atoms with Gasteiger partial charge in [0.2, 0.25) is 0 Å². The van der Waals surface area contributed by atoms with Crippen LogP contribution in [-0.2, 0) is 6.42 Å². The Kier molecular flexibility index (Phi) is 2.79. The van der Waals surface area contributed by atoms with Gasteiger partial charge in [-0.3, -0.25) is 4.40 Å². The predicted molar refractivity (Wildman–Crippen MR) is 70.5 cm³/mol. The lowest BCUT2D eigenvalue weighted by molar-refractivity contribution is 0.412. The minimum absolute atomic E-state index is 0.261. The van der Waals surface area contributed by atoms with E-state index in [1.165, 1.54) is 0 Å². The van der Waals surface area contributed by atoms with Crippen molar-refractivity contribution >= 4 is 5.65 Å². The van der Waals surface area contributed by atoms with Crippen LogP contribution in [0.1, 0.15) is 11.4 Å². The number of aromatic nitrogens is 3. The van der Waals surface area contributed by atoms with Gasteiger partial charge in [0.1, 0.15) is 17.3 Å². The quantitative estimate of drug-likeness (QED) is 0.778. The Bertz CT molecular complexity index is 704. The van der Waals surface area contributed by atoms with Crippen LogP contribution >= 0.6 is 0 Å². The summed E-state index contributed by atoms with van der Waals surface area (Å²) >= 11 is 0. The molecule has 2 heterocycles. The topological polar surface area (TPSA) is 59.7 Å². The zero-order valence-electron chi connectivity index (χ0n) is 10.4. The maximum absolute atomic E-state index is 9.27. The Morgan fingerprint density at radius 3 is 2.63 bits per heavy atom. The second kappa shape index (κ2) is 4.61. The van der Waals surface area contributed by atoms with E-state index in [0.29, 0.717) is 6.42 Å². The van der Waals surface area contributed by atoms with Crippen molar-refractivity contribution < 1.29 is 9.84 Å². The predicted octanol–water partition coefficient (Wildman–Crippen LogP) is 2.03. The van der Waals surface area contributed by atoms with Gasteiger partial charge in [0.25, 0.3) is 0 Å². The van der Waals surface area contributed by atoms with Crippen molar-refractivity contribution in [2.45, 2.75) is 6.42 Å². The third-order valence-corrected chi connectivity index (χ3v) is 2.98. The largest absolute Gasteiger partial charge is 0.508 e. The lowest BCUT2D eigenvalue weighted by atomic mass is 10.1. The van der Waals surface area contributed by atoms with Crippen molar-refractivity contribution in [2.75, 3.05) is 7.11 Å². The molecular weight excluding hydrogens is 242 g/mol. The minimum atomic E-state index is 0.261. The maximum atomic E-state index is 9.27. The van der Waals surface area contributed by atoms with E-state index in [1.54, 1.807) is 19.2 Å². The number of aromatic hydroxyl groups is 1. The molecule has 0 aliphatic rings. The molecule has 0 atom stereocenters. The van der Waals surface area contributed by atoms with Crippen LogP contribution < -0.4 is 4.74 Å². The standard InChI is InChI=1S/C14H13N3O2/c1-19-12-6-7-13-15-16-14(17(13)9-12)8-10-2-4-11(18)5-3-10/h2-7,9,18H,8H2,1H3. The third kappa shape index (κ3) is 2.22. The maximum Gasteiger partial charge on any atom is 0.161 e. The number of benzene rings is 1. The van der Waals surface area contributed by atoms with Crippen LogP contribution in [0, 0.1) is 0 Å². The van der Waals surface area contributed by atoms with E-state index < -0.39 is 0 Å². The summed E-state index contributed by atoms with van der Waals surface area (Å²) in [7, 11) is 1.63. The van der Waals surface area contributed by atoms with Gasteiger partial charge in [-0.25, -0.2) is 0 Å². The van der Waals surface area contributed by atoms with Gasteiger partial charge >= 0.3 is 0 Å². The molecule has 96 valence electrons. The number of pyridine rings is 1. The molecule has 0 unspecified atom stereocenters. The van der Waals surface area contributed by atoms with E-state index in [2.05, 4.69) is 10.2 Å². The molecule has 3 rings (SSSR count). The van der Waals surface area contributed by atoms with Gasteiger partial charge in [0.15, 0.2) is 5.65 Å². The first-order chi connectivity index (χ1) is 9.26. The average molecular weight is 255 g/mol. The number of fused-ring (bicyclic) bond motifs is 1. The van der Waals surface area contributed by atoms with Crippen molar-refractivity contribution in [2.24, 2.45) is 0 Å². The smallest absolute Gasteiger partial charge is 0.161 e. The highest BCUT2D eigenvalue weighted by atomic mass is 16.5. The summed E-state index contributed by atoms with van der Waals surface area (Å²) < 4.78 is 7.11. The highest BCUT2D eigenvalue weighted by Gasteiger charge is 2.07. The highest BCUT2D eigenvalue weighted by Crippen LogP contribution is 2.16. The summed E-state index contributed by atoms with van der Waals surface area (Å²) in [4.78, 5) is 0. The molecule has 0 saturated heterocycles. The van der Waals surface area contributed by atoms with Gasteiger partial charge in [-0.15, -0.1) is 10.2 Å². The van der Waals surface area contributed by atoms with Gasteiger partial charge in [0, 0.05) is 6.42 Å². The minimum Gasteiger partial charge on any atom is -0.508 e. The molecule has 2 aromatic heterocycles. The van der Waals surface area contributed by atoms with Crippen molar-refractivity contribution in [1.29, 1.82) is 0 Å². The van der Waals surface area contributed by atoms with E-state index in [-0.39, 0.29) is 5.75 Å². The lowest BCUT2D eigenvalue weighted by Crippen LogP contribution is -1.97. The fraction of sp³-hybridized carbons (Fsp3) is 0.143. The third-order valence-electron chi connectivity index (χ3n) is 2.98. The van der Waals surface area contributed by atoms with Crippen LogP contribution in [0.5, 0.6) is 11.5 Å². The average Bonchev–Trinajstić information content (AvgIpc) is 2.84. The van der Waals surface area contributed by atoms with Gasteiger partial charge in [-0.2, -0.15) is 0 Å². The number of ether oxygens (including phenoxy) is 1. The fourth-order valence-electron chi connectivity index (χ4n) is 1.96. The number of phenols is 1. The lowest BCUT2D eigenvalue weighted by Gasteiger charge is -2.03. The molecule has 5 heteroatoms. The highest BCUT2D eigenvalue weighted by molar-refractivity contribution is 5.42. The van der Waals surface area contributed by atoms with Crippen LogP contribution in [0.3, 0.4) is 0 Å². The molecule has 1 aromatic carbocycles. The number of phenolic OH excluding ortho intramolecular Hbond substituents is 1. The van der Waals surface area contributed by atoms with Gasteiger partial charge in [0.05, 0.1) is 13.3 Å². The first-order valence-electron chi connectivity index (χ1n) is 5.92. The van der Waals surface area contributed by atoms with Crippen molar-refractivity contribution in [3.63, 3.8) is 0 Å². The number of hydrogen-bond donors (Lipinski definition) is 1. The Morgan fingerprint density at radius 2 is 1.89 bits per heavy atom. The summed E-state index contributed by atoms with van der Waals surface area (Å²) in [6.07, 6.45) is 2.51. The summed E-state index contributed by atoms with van der Waals surface area (Å²) in [5.74, 6) is 1.86. The van der Waals surface area contributed by atoms with E-state index in [0.717, 1.165) is 22.8 Å². The number of hydrogen-bond acceptors (Lipinski definition) is 4. The molecule has 0 bridgehead atoms. The van der Waals surface area contributed by atoms with Gasteiger partial charge in [-0.1, -0.05) is 12.1 Å². The summed E-state index contributed by atoms with van der Waals surface area (Å²) in [6.45, 7) is 0. The Hall–Kier alpha value is -2.56. The first kappa shape index (κ1) is 11.5. The molecular formula is C14H13N3O2. The second-order valence-electron chi connectivity index (χ2n) is 4.26. The number of methoxy groups -OCH3 is 1. The Morgan fingerprint density at radius 1 is 1.11 bits per heavy atom. The van der Waals surface area contributed by atoms with E-state index >= 15 is 0 Å². The Labute approximate surface area is 110 Å². The Balaban J connectivity index is 1.98. The van der Waals surface area contributed by atoms with Crippen LogP contribution in [0.2, 0.25) is 0 Å². The number of nitrogens with zero attached hydrogens (tertiary/aromatic N) is 3. The molecule has 0 spiro atoms. The molecule has 5 nitrogen and oxygen atoms in total. The second-order valence-corrected chi connectivity index (χ2v) is 4.26. The van der Waals surface area contributed by atoms with Crippen LogP contribution in [0.4, 0.5) is 0 Å². The normalized spacial score (nSPS) is 10.8. The van der Waals surface area contributed by atoms with Crippen LogP contribution in [0.25, 0.3) is 5.65 Å². The van der Waals surface area contributed by atoms with Crippen molar-refractivity contribution in [1.82, 2.24) is 14.6 Å². The van der Waals surface area contributed by atoms with E-state index in [4.69, 9.17) is 4.74 Å². The molecule has 0 radical (unpaired) electrons. The number of rotatable bonds is 3. The van der Waals surface area contributed by atoms with Crippen molar-refractivity contribution in [3.05, 3.63) is 54.0 Å². The zero-order valence-corrected chi connectivity index (χ0v) is 10.4. The van der Waals surface area contributed by atoms with Gasteiger partial charge in [-0.05, 0) is 29.8 Å². The molecule has 0 amide bonds. The molecule has 19 heavy (non-hydrogen) atoms. The van der Waals surface area contributed by atoms with Crippen molar-refractivity contribution in [3.8, 4) is 11.5 Å². The summed E-state index contributed by atoms with van der Waals surface area (Å²) in [5, 5.41) is 17.6. The summed E-state index contributed by atoms with van der Waals surface area (Å²) in [6, 6.07) is 10.8. The molecule has 3 aromatic rings. The molecule has 0 saturated carbocycles. The molecule has 0 aliphatic heterocycles. The molecule has 0 fully saturated rings. The monoisotopic (exact) mass is 255 g/mol. The molecule has 0 aliphatic carbocycles. The summed E-state index contributed by atoms with van der Waals surface area (Å²) in [5.41, 5.74) is 1.85.